The highest BCUT2D eigenvalue weighted by atomic mass is 35.5. The van der Waals surface area contributed by atoms with Gasteiger partial charge in [0.05, 0.1) is 7.11 Å². The van der Waals surface area contributed by atoms with Crippen molar-refractivity contribution in [3.63, 3.8) is 0 Å². The zero-order valence-corrected chi connectivity index (χ0v) is 18.4. The number of methoxy groups -OCH3 is 1. The predicted octanol–water partition coefficient (Wildman–Crippen LogP) is 3.47. The van der Waals surface area contributed by atoms with Crippen molar-refractivity contribution in [3.8, 4) is 0 Å². The number of piperazine rings is 1. The first-order valence-electron chi connectivity index (χ1n) is 10.1. The third-order valence-electron chi connectivity index (χ3n) is 5.61. The number of carbonyl (C=O) groups excluding carboxylic acids is 2. The van der Waals surface area contributed by atoms with E-state index in [9.17, 15) is 9.59 Å². The highest BCUT2D eigenvalue weighted by molar-refractivity contribution is 6.30. The van der Waals surface area contributed by atoms with Gasteiger partial charge in [0.1, 0.15) is 6.04 Å². The smallest absolute Gasteiger partial charge is 0.327 e. The number of anilines is 1. The molecule has 1 fully saturated rings. The van der Waals surface area contributed by atoms with Crippen LogP contribution in [0.1, 0.15) is 28.9 Å². The molecule has 160 valence electrons. The molecular weight excluding hydrogens is 402 g/mol. The Morgan fingerprint density at radius 1 is 1.03 bits per heavy atom. The Morgan fingerprint density at radius 3 is 2.17 bits per heavy atom. The van der Waals surface area contributed by atoms with Gasteiger partial charge in [-0.2, -0.15) is 0 Å². The molecular formula is C23H28ClN3O3. The van der Waals surface area contributed by atoms with E-state index in [1.165, 1.54) is 7.11 Å². The second kappa shape index (κ2) is 9.96. The third-order valence-corrected chi connectivity index (χ3v) is 5.86. The molecule has 0 unspecified atom stereocenters. The number of esters is 1. The summed E-state index contributed by atoms with van der Waals surface area (Å²) in [5, 5.41) is 0.619. The van der Waals surface area contributed by atoms with Gasteiger partial charge in [0.15, 0.2) is 0 Å². The van der Waals surface area contributed by atoms with E-state index in [4.69, 9.17) is 16.3 Å². The summed E-state index contributed by atoms with van der Waals surface area (Å²) in [5.74, 6) is -0.297. The van der Waals surface area contributed by atoms with E-state index in [0.29, 0.717) is 36.8 Å². The Hall–Kier alpha value is -2.57. The number of ether oxygens (including phenoxy) is 1. The predicted molar refractivity (Wildman–Crippen MR) is 119 cm³/mol. The molecule has 2 aromatic carbocycles. The van der Waals surface area contributed by atoms with Gasteiger partial charge in [0.2, 0.25) is 0 Å². The van der Waals surface area contributed by atoms with Crippen LogP contribution in [0.25, 0.3) is 0 Å². The highest BCUT2D eigenvalue weighted by Crippen LogP contribution is 2.25. The summed E-state index contributed by atoms with van der Waals surface area (Å²) in [5.41, 5.74) is 2.60. The van der Waals surface area contributed by atoms with Crippen molar-refractivity contribution in [2.75, 3.05) is 51.8 Å². The van der Waals surface area contributed by atoms with Crippen LogP contribution >= 0.6 is 11.6 Å². The van der Waals surface area contributed by atoms with Crippen LogP contribution in [0, 0.1) is 0 Å². The van der Waals surface area contributed by atoms with Crippen LogP contribution in [0.5, 0.6) is 0 Å². The summed E-state index contributed by atoms with van der Waals surface area (Å²) >= 11 is 5.99. The van der Waals surface area contributed by atoms with Gasteiger partial charge < -0.3 is 14.5 Å². The standard InChI is InChI=1S/C23H28ClN3O3/c1-4-25(2)20-11-7-18(8-12-20)22(28)27-15-13-26(14-16-27)21(23(29)30-3)17-5-9-19(24)10-6-17/h5-12,21H,4,13-16H2,1-3H3/t21-/m0/s1. The van der Waals surface area contributed by atoms with Crippen LogP contribution in [0.4, 0.5) is 5.69 Å². The van der Waals surface area contributed by atoms with Crippen molar-refractivity contribution in [3.05, 3.63) is 64.7 Å². The van der Waals surface area contributed by atoms with Crippen LogP contribution in [-0.4, -0.2) is 68.6 Å². The zero-order valence-electron chi connectivity index (χ0n) is 17.7. The first-order valence-corrected chi connectivity index (χ1v) is 10.5. The molecule has 1 atom stereocenters. The zero-order chi connectivity index (χ0) is 21.7. The van der Waals surface area contributed by atoms with Crippen molar-refractivity contribution in [1.29, 1.82) is 0 Å². The number of amides is 1. The molecule has 7 heteroatoms. The van der Waals surface area contributed by atoms with E-state index in [1.54, 1.807) is 12.1 Å². The highest BCUT2D eigenvalue weighted by Gasteiger charge is 2.32. The Kier molecular flexibility index (Phi) is 7.34. The lowest BCUT2D eigenvalue weighted by atomic mass is 10.0. The van der Waals surface area contributed by atoms with Gasteiger partial charge in [0, 0.05) is 56.0 Å². The van der Waals surface area contributed by atoms with E-state index in [-0.39, 0.29) is 11.9 Å². The number of hydrogen-bond acceptors (Lipinski definition) is 5. The van der Waals surface area contributed by atoms with Crippen molar-refractivity contribution in [1.82, 2.24) is 9.80 Å². The Balaban J connectivity index is 1.67. The lowest BCUT2D eigenvalue weighted by Gasteiger charge is -2.38. The molecule has 0 radical (unpaired) electrons. The largest absolute Gasteiger partial charge is 0.468 e. The molecule has 3 rings (SSSR count). The van der Waals surface area contributed by atoms with Gasteiger partial charge >= 0.3 is 5.97 Å². The monoisotopic (exact) mass is 429 g/mol. The van der Waals surface area contributed by atoms with Crippen molar-refractivity contribution in [2.45, 2.75) is 13.0 Å². The minimum absolute atomic E-state index is 0.0152. The molecule has 2 aromatic rings. The molecule has 6 nitrogen and oxygen atoms in total. The normalized spacial score (nSPS) is 15.5. The fourth-order valence-corrected chi connectivity index (χ4v) is 3.79. The second-order valence-electron chi connectivity index (χ2n) is 7.37. The first-order chi connectivity index (χ1) is 14.4. The van der Waals surface area contributed by atoms with Crippen LogP contribution in [0.15, 0.2) is 48.5 Å². The van der Waals surface area contributed by atoms with E-state index in [2.05, 4.69) is 16.7 Å². The van der Waals surface area contributed by atoms with E-state index in [1.807, 2.05) is 48.3 Å². The molecule has 0 aliphatic carbocycles. The topological polar surface area (TPSA) is 53.1 Å². The van der Waals surface area contributed by atoms with Gasteiger partial charge in [0.25, 0.3) is 5.91 Å². The van der Waals surface area contributed by atoms with Gasteiger partial charge in [-0.1, -0.05) is 23.7 Å². The van der Waals surface area contributed by atoms with Crippen LogP contribution in [0.2, 0.25) is 5.02 Å². The van der Waals surface area contributed by atoms with Crippen molar-refractivity contribution < 1.29 is 14.3 Å². The fourth-order valence-electron chi connectivity index (χ4n) is 3.66. The SMILES string of the molecule is CCN(C)c1ccc(C(=O)N2CCN([C@H](C(=O)OC)c3ccc(Cl)cc3)CC2)cc1. The first kappa shape index (κ1) is 22.1. The van der Waals surface area contributed by atoms with Crippen molar-refractivity contribution >= 4 is 29.2 Å². The van der Waals surface area contributed by atoms with E-state index < -0.39 is 6.04 Å². The molecule has 0 N–H and O–H groups in total. The number of benzene rings is 2. The number of hydrogen-bond donors (Lipinski definition) is 0. The molecule has 0 bridgehead atoms. The maximum Gasteiger partial charge on any atom is 0.327 e. The number of halogens is 1. The lowest BCUT2D eigenvalue weighted by Crippen LogP contribution is -2.51. The molecule has 0 saturated carbocycles. The molecule has 0 spiro atoms. The summed E-state index contributed by atoms with van der Waals surface area (Å²) in [4.78, 5) is 31.4. The minimum Gasteiger partial charge on any atom is -0.468 e. The number of rotatable bonds is 6. The quantitative estimate of drug-likeness (QED) is 0.658. The molecule has 1 amide bonds. The van der Waals surface area contributed by atoms with E-state index in [0.717, 1.165) is 17.8 Å². The Labute approximate surface area is 183 Å². The molecule has 1 aliphatic rings. The fraction of sp³-hybridized carbons (Fsp3) is 0.391. The average Bonchev–Trinajstić information content (AvgIpc) is 2.80. The molecule has 0 aromatic heterocycles. The van der Waals surface area contributed by atoms with Gasteiger partial charge in [-0.3, -0.25) is 9.69 Å². The van der Waals surface area contributed by atoms with Crippen LogP contribution in [-0.2, 0) is 9.53 Å². The van der Waals surface area contributed by atoms with E-state index >= 15 is 0 Å². The van der Waals surface area contributed by atoms with Crippen molar-refractivity contribution in [2.24, 2.45) is 0 Å². The maximum absolute atomic E-state index is 12.9. The van der Waals surface area contributed by atoms with Crippen LogP contribution < -0.4 is 4.90 Å². The summed E-state index contributed by atoms with van der Waals surface area (Å²) in [6.07, 6.45) is 0. The molecule has 1 aliphatic heterocycles. The summed E-state index contributed by atoms with van der Waals surface area (Å²) in [6, 6.07) is 14.4. The van der Waals surface area contributed by atoms with Gasteiger partial charge in [-0.15, -0.1) is 0 Å². The minimum atomic E-state index is -0.506. The van der Waals surface area contributed by atoms with Gasteiger partial charge in [-0.25, -0.2) is 4.79 Å². The Bertz CT molecular complexity index is 862. The molecule has 30 heavy (non-hydrogen) atoms. The maximum atomic E-state index is 12.9. The molecule has 1 heterocycles. The summed E-state index contributed by atoms with van der Waals surface area (Å²) in [7, 11) is 3.42. The third kappa shape index (κ3) is 4.94. The average molecular weight is 430 g/mol. The Morgan fingerprint density at radius 2 is 1.63 bits per heavy atom. The second-order valence-corrected chi connectivity index (χ2v) is 7.80. The number of nitrogens with zero attached hydrogens (tertiary/aromatic N) is 3. The molecule has 1 saturated heterocycles. The van der Waals surface area contributed by atoms with Gasteiger partial charge in [-0.05, 0) is 48.9 Å². The summed E-state index contributed by atoms with van der Waals surface area (Å²) in [6.45, 7) is 5.27. The number of carbonyl (C=O) groups is 2. The van der Waals surface area contributed by atoms with Crippen LogP contribution in [0.3, 0.4) is 0 Å². The lowest BCUT2D eigenvalue weighted by molar-refractivity contribution is -0.148. The summed E-state index contributed by atoms with van der Waals surface area (Å²) < 4.78 is 5.04.